The Morgan fingerprint density at radius 3 is 3.00 bits per heavy atom. The zero-order valence-corrected chi connectivity index (χ0v) is 8.95. The van der Waals surface area contributed by atoms with Crippen molar-refractivity contribution in [2.24, 2.45) is 5.73 Å². The third-order valence-electron chi connectivity index (χ3n) is 2.64. The fourth-order valence-electron chi connectivity index (χ4n) is 1.70. The van der Waals surface area contributed by atoms with Crippen LogP contribution in [0.4, 0.5) is 0 Å². The smallest absolute Gasteiger partial charge is 0.130 e. The van der Waals surface area contributed by atoms with Crippen molar-refractivity contribution in [3.63, 3.8) is 0 Å². The maximum Gasteiger partial charge on any atom is 0.130 e. The van der Waals surface area contributed by atoms with E-state index in [2.05, 4.69) is 17.1 Å². The van der Waals surface area contributed by atoms with Crippen LogP contribution in [0.2, 0.25) is 0 Å². The largest absolute Gasteiger partial charge is 0.496 e. The molecule has 0 aliphatic carbocycles. The van der Waals surface area contributed by atoms with E-state index >= 15 is 0 Å². The van der Waals surface area contributed by atoms with E-state index in [4.69, 9.17) is 10.5 Å². The molecule has 80 valence electrons. The molecule has 1 heterocycles. The highest BCUT2D eigenvalue weighted by Crippen LogP contribution is 2.30. The van der Waals surface area contributed by atoms with E-state index in [-0.39, 0.29) is 5.92 Å². The zero-order valence-electron chi connectivity index (χ0n) is 8.95. The van der Waals surface area contributed by atoms with Gasteiger partial charge in [0.05, 0.1) is 23.7 Å². The number of hydrogen-bond acceptors (Lipinski definition) is 3. The molecule has 1 unspecified atom stereocenters. The van der Waals surface area contributed by atoms with E-state index in [9.17, 15) is 0 Å². The van der Waals surface area contributed by atoms with Crippen LogP contribution < -0.4 is 10.5 Å². The van der Waals surface area contributed by atoms with E-state index in [0.29, 0.717) is 6.54 Å². The third kappa shape index (κ3) is 1.57. The molecule has 0 saturated carbocycles. The lowest BCUT2D eigenvalue weighted by atomic mass is 10.0. The van der Waals surface area contributed by atoms with Crippen molar-refractivity contribution >= 4 is 10.9 Å². The number of rotatable bonds is 3. The predicted molar refractivity (Wildman–Crippen MR) is 60.1 cm³/mol. The van der Waals surface area contributed by atoms with Crippen LogP contribution in [-0.2, 0) is 0 Å². The quantitative estimate of drug-likeness (QED) is 0.800. The van der Waals surface area contributed by atoms with Crippen LogP contribution in [0.25, 0.3) is 10.9 Å². The van der Waals surface area contributed by atoms with Crippen LogP contribution in [0.1, 0.15) is 18.5 Å². The van der Waals surface area contributed by atoms with Gasteiger partial charge in [-0.25, -0.2) is 0 Å². The summed E-state index contributed by atoms with van der Waals surface area (Å²) >= 11 is 0. The molecule has 2 rings (SSSR count). The van der Waals surface area contributed by atoms with Crippen LogP contribution in [-0.4, -0.2) is 23.9 Å². The standard InChI is InChI=1S/C11H15N3O/c1-7(6-12)11-10-8(13-14-11)4-3-5-9(10)15-2/h3-5,7H,6,12H2,1-2H3,(H,13,14). The van der Waals surface area contributed by atoms with Crippen molar-refractivity contribution in [2.45, 2.75) is 12.8 Å². The molecule has 2 aromatic rings. The minimum atomic E-state index is 0.256. The molecule has 0 radical (unpaired) electrons. The molecule has 1 atom stereocenters. The maximum absolute atomic E-state index is 5.66. The monoisotopic (exact) mass is 205 g/mol. The van der Waals surface area contributed by atoms with Crippen LogP contribution in [0.5, 0.6) is 5.75 Å². The van der Waals surface area contributed by atoms with Gasteiger partial charge in [-0.05, 0) is 12.1 Å². The molecule has 0 saturated heterocycles. The Kier molecular flexibility index (Phi) is 2.60. The average molecular weight is 205 g/mol. The summed E-state index contributed by atoms with van der Waals surface area (Å²) in [5, 5.41) is 8.30. The zero-order chi connectivity index (χ0) is 10.8. The van der Waals surface area contributed by atoms with Crippen molar-refractivity contribution in [1.29, 1.82) is 0 Å². The Hall–Kier alpha value is -1.55. The molecular weight excluding hydrogens is 190 g/mol. The van der Waals surface area contributed by atoms with E-state index in [0.717, 1.165) is 22.3 Å². The Balaban J connectivity index is 2.65. The Bertz CT molecular complexity index is 464. The third-order valence-corrected chi connectivity index (χ3v) is 2.64. The van der Waals surface area contributed by atoms with Crippen LogP contribution >= 0.6 is 0 Å². The van der Waals surface area contributed by atoms with Crippen LogP contribution in [0, 0.1) is 0 Å². The summed E-state index contributed by atoms with van der Waals surface area (Å²) in [7, 11) is 1.67. The lowest BCUT2D eigenvalue weighted by molar-refractivity contribution is 0.419. The second kappa shape index (κ2) is 3.90. The van der Waals surface area contributed by atoms with Gasteiger partial charge in [0.2, 0.25) is 0 Å². The van der Waals surface area contributed by atoms with Gasteiger partial charge < -0.3 is 10.5 Å². The number of H-pyrrole nitrogens is 1. The van der Waals surface area contributed by atoms with Crippen LogP contribution in [0.3, 0.4) is 0 Å². The maximum atomic E-state index is 5.66. The van der Waals surface area contributed by atoms with E-state index in [1.165, 1.54) is 0 Å². The number of benzene rings is 1. The minimum absolute atomic E-state index is 0.256. The summed E-state index contributed by atoms with van der Waals surface area (Å²) in [4.78, 5) is 0. The van der Waals surface area contributed by atoms with Crippen molar-refractivity contribution in [1.82, 2.24) is 10.2 Å². The molecule has 15 heavy (non-hydrogen) atoms. The Morgan fingerprint density at radius 2 is 2.33 bits per heavy atom. The number of fused-ring (bicyclic) bond motifs is 1. The number of aromatic amines is 1. The number of nitrogens with one attached hydrogen (secondary N) is 1. The molecule has 3 N–H and O–H groups in total. The van der Waals surface area contributed by atoms with Gasteiger partial charge in [-0.1, -0.05) is 13.0 Å². The molecular formula is C11H15N3O. The van der Waals surface area contributed by atoms with Gasteiger partial charge in [0, 0.05) is 12.5 Å². The van der Waals surface area contributed by atoms with E-state index in [1.807, 2.05) is 18.2 Å². The van der Waals surface area contributed by atoms with Crippen LogP contribution in [0.15, 0.2) is 18.2 Å². The number of nitrogens with two attached hydrogens (primary N) is 1. The van der Waals surface area contributed by atoms with Gasteiger partial charge in [0.15, 0.2) is 0 Å². The molecule has 0 spiro atoms. The van der Waals surface area contributed by atoms with Crippen molar-refractivity contribution in [2.75, 3.05) is 13.7 Å². The van der Waals surface area contributed by atoms with Crippen molar-refractivity contribution in [3.05, 3.63) is 23.9 Å². The number of aromatic nitrogens is 2. The van der Waals surface area contributed by atoms with Gasteiger partial charge in [0.1, 0.15) is 5.75 Å². The van der Waals surface area contributed by atoms with Gasteiger partial charge >= 0.3 is 0 Å². The van der Waals surface area contributed by atoms with Gasteiger partial charge in [0.25, 0.3) is 0 Å². The van der Waals surface area contributed by atoms with Gasteiger partial charge in [-0.15, -0.1) is 0 Å². The Labute approximate surface area is 88.4 Å². The second-order valence-electron chi connectivity index (χ2n) is 3.63. The molecule has 0 bridgehead atoms. The van der Waals surface area contributed by atoms with E-state index < -0.39 is 0 Å². The average Bonchev–Trinajstić information content (AvgIpc) is 2.71. The molecule has 0 amide bonds. The summed E-state index contributed by atoms with van der Waals surface area (Å²) in [6.45, 7) is 2.66. The SMILES string of the molecule is COc1cccc2n[nH]c(C(C)CN)c12. The topological polar surface area (TPSA) is 63.9 Å². The minimum Gasteiger partial charge on any atom is -0.496 e. The first-order valence-corrected chi connectivity index (χ1v) is 4.99. The van der Waals surface area contributed by atoms with Gasteiger partial charge in [-0.3, -0.25) is 5.10 Å². The van der Waals surface area contributed by atoms with Crippen molar-refractivity contribution in [3.8, 4) is 5.75 Å². The summed E-state index contributed by atoms with van der Waals surface area (Å²) in [6, 6.07) is 5.82. The predicted octanol–water partition coefficient (Wildman–Crippen LogP) is 1.63. The molecule has 1 aromatic carbocycles. The highest BCUT2D eigenvalue weighted by Gasteiger charge is 2.14. The number of hydrogen-bond donors (Lipinski definition) is 2. The molecule has 4 heteroatoms. The lowest BCUT2D eigenvalue weighted by Crippen LogP contribution is -2.09. The second-order valence-corrected chi connectivity index (χ2v) is 3.63. The highest BCUT2D eigenvalue weighted by molar-refractivity contribution is 5.88. The molecule has 0 aliphatic heterocycles. The van der Waals surface area contributed by atoms with E-state index in [1.54, 1.807) is 7.11 Å². The number of ether oxygens (including phenoxy) is 1. The summed E-state index contributed by atoms with van der Waals surface area (Å²) in [5.41, 5.74) is 7.62. The molecule has 0 aliphatic rings. The van der Waals surface area contributed by atoms with Crippen molar-refractivity contribution < 1.29 is 4.74 Å². The first kappa shape index (κ1) is 9.98. The first-order valence-electron chi connectivity index (χ1n) is 4.99. The lowest BCUT2D eigenvalue weighted by Gasteiger charge is -2.08. The van der Waals surface area contributed by atoms with Gasteiger partial charge in [-0.2, -0.15) is 5.10 Å². The Morgan fingerprint density at radius 1 is 1.53 bits per heavy atom. The number of nitrogens with zero attached hydrogens (tertiary/aromatic N) is 1. The first-order chi connectivity index (χ1) is 7.27. The normalized spacial score (nSPS) is 13.0. The summed E-state index contributed by atoms with van der Waals surface area (Å²) in [6.07, 6.45) is 0. The molecule has 4 nitrogen and oxygen atoms in total. The number of methoxy groups -OCH3 is 1. The molecule has 1 aromatic heterocycles. The molecule has 0 fully saturated rings. The summed E-state index contributed by atoms with van der Waals surface area (Å²) < 4.78 is 5.32. The highest BCUT2D eigenvalue weighted by atomic mass is 16.5. The summed E-state index contributed by atoms with van der Waals surface area (Å²) in [5.74, 6) is 1.10. The fourth-order valence-corrected chi connectivity index (χ4v) is 1.70. The fraction of sp³-hybridized carbons (Fsp3) is 0.364.